The van der Waals surface area contributed by atoms with E-state index in [9.17, 15) is 38.4 Å². The van der Waals surface area contributed by atoms with Gasteiger partial charge in [-0.25, -0.2) is 9.59 Å². The topological polar surface area (TPSA) is 241 Å². The summed E-state index contributed by atoms with van der Waals surface area (Å²) >= 11 is 0. The van der Waals surface area contributed by atoms with Crippen LogP contribution in [0.4, 0.5) is 0 Å². The molecule has 0 aromatic rings. The molecule has 4 aliphatic carbocycles. The van der Waals surface area contributed by atoms with Crippen LogP contribution in [-0.2, 0) is 85.7 Å². The van der Waals surface area contributed by atoms with E-state index in [4.69, 9.17) is 47.4 Å². The van der Waals surface area contributed by atoms with E-state index in [0.29, 0.717) is 19.3 Å². The Hall–Kier alpha value is -4.36. The standard InChI is InChI=1S/C52H81NO18/c1-15-62-45(60)41(46(61)63-16-2)53-25-17-21-52(14,71-47-44(69-33(8)59)43(68-32(7)58)42(67-31(6)57)36(70-47)27-64-28(3)54)34-18-23-51(13)40(34)35(65-29(4)55)26-38-49(11)22-20-39(66-30(5)56)48(9,10)37(49)19-24-50(38,51)12/h34-44,47,53H,15-27H2,1-14H3/t34?,35?,36-,37?,38?,39+,40+,42-,43+,44?,47-,49+,50-,51-,52?/m1/s1. The first-order valence-corrected chi connectivity index (χ1v) is 25.5. The van der Waals surface area contributed by atoms with Crippen LogP contribution in [0.15, 0.2) is 0 Å². The maximum absolute atomic E-state index is 13.4. The van der Waals surface area contributed by atoms with Crippen molar-refractivity contribution in [2.24, 2.45) is 45.3 Å². The Balaban J connectivity index is 1.63. The minimum Gasteiger partial charge on any atom is -0.464 e. The van der Waals surface area contributed by atoms with Crippen LogP contribution < -0.4 is 5.32 Å². The molecule has 15 atom stereocenters. The van der Waals surface area contributed by atoms with Crippen LogP contribution >= 0.6 is 0 Å². The van der Waals surface area contributed by atoms with Crippen LogP contribution in [-0.4, -0.2) is 129 Å². The number of hydrogen-bond donors (Lipinski definition) is 1. The molecule has 4 saturated carbocycles. The Labute approximate surface area is 418 Å². The van der Waals surface area contributed by atoms with Gasteiger partial charge in [0.1, 0.15) is 24.9 Å². The molecule has 1 N–H and O–H groups in total. The van der Waals surface area contributed by atoms with Crippen molar-refractivity contribution in [3.8, 4) is 0 Å². The summed E-state index contributed by atoms with van der Waals surface area (Å²) in [5.74, 6) is -5.75. The molecular weight excluding hydrogens is 927 g/mol. The third-order valence-electron chi connectivity index (χ3n) is 17.3. The van der Waals surface area contributed by atoms with Crippen molar-refractivity contribution in [3.63, 3.8) is 0 Å². The van der Waals surface area contributed by atoms with Gasteiger partial charge < -0.3 is 47.4 Å². The summed E-state index contributed by atoms with van der Waals surface area (Å²) in [7, 11) is 0. The largest absolute Gasteiger partial charge is 0.464 e. The van der Waals surface area contributed by atoms with Crippen molar-refractivity contribution in [1.29, 1.82) is 0 Å². The molecular formula is C52H81NO18. The van der Waals surface area contributed by atoms with E-state index in [0.717, 1.165) is 46.5 Å². The Kier molecular flexibility index (Phi) is 18.5. The SMILES string of the molecule is CCOC(=O)C(NCCCC(C)(O[C@H]1O[C@H](COC(C)=O)[C@@H](OC(C)=O)[C@H](OC(C)=O)C1OC(C)=O)C1CC[C@]2(C)[C@@H]1C(OC(C)=O)CC1[C@@]3(C)CC[C@H](OC(C)=O)C(C)(C)C3CC[C@]12C)C(=O)OCC. The van der Waals surface area contributed by atoms with Gasteiger partial charge in [0.2, 0.25) is 6.04 Å². The Morgan fingerprint density at radius 3 is 1.73 bits per heavy atom. The van der Waals surface area contributed by atoms with Crippen LogP contribution in [0, 0.1) is 45.3 Å². The lowest BCUT2D eigenvalue weighted by molar-refractivity contribution is -0.339. The molecule has 6 unspecified atom stereocenters. The molecule has 19 nitrogen and oxygen atoms in total. The molecule has 1 aliphatic heterocycles. The van der Waals surface area contributed by atoms with Crippen molar-refractivity contribution in [3.05, 3.63) is 0 Å². The van der Waals surface area contributed by atoms with E-state index < -0.39 is 108 Å². The molecule has 19 heteroatoms. The number of nitrogens with one attached hydrogen (secondary N) is 1. The molecule has 0 bridgehead atoms. The van der Waals surface area contributed by atoms with Gasteiger partial charge in [-0.05, 0) is 119 Å². The monoisotopic (exact) mass is 1010 g/mol. The Morgan fingerprint density at radius 2 is 1.18 bits per heavy atom. The lowest BCUT2D eigenvalue weighted by Crippen LogP contribution is -2.67. The molecule has 0 aromatic heterocycles. The lowest BCUT2D eigenvalue weighted by atomic mass is 9.35. The lowest BCUT2D eigenvalue weighted by Gasteiger charge is -2.70. The summed E-state index contributed by atoms with van der Waals surface area (Å²) in [5.41, 5.74) is -2.52. The van der Waals surface area contributed by atoms with E-state index in [-0.39, 0.29) is 78.7 Å². The maximum atomic E-state index is 13.4. The summed E-state index contributed by atoms with van der Waals surface area (Å²) in [4.78, 5) is 102. The van der Waals surface area contributed by atoms with E-state index in [1.54, 1.807) is 13.8 Å². The summed E-state index contributed by atoms with van der Waals surface area (Å²) < 4.78 is 59.5. The zero-order valence-electron chi connectivity index (χ0n) is 44.5. The quantitative estimate of drug-likeness (QED) is 0.0689. The molecule has 5 fully saturated rings. The molecule has 1 heterocycles. The summed E-state index contributed by atoms with van der Waals surface area (Å²) in [5, 5.41) is 3.01. The van der Waals surface area contributed by atoms with Gasteiger partial charge in [0, 0.05) is 52.9 Å². The minimum absolute atomic E-state index is 0.0375. The van der Waals surface area contributed by atoms with Crippen molar-refractivity contribution >= 4 is 47.8 Å². The molecule has 0 spiro atoms. The maximum Gasteiger partial charge on any atom is 0.334 e. The van der Waals surface area contributed by atoms with Crippen LogP contribution in [0.1, 0.15) is 155 Å². The first kappa shape index (κ1) is 57.5. The highest BCUT2D eigenvalue weighted by Crippen LogP contribution is 2.76. The normalized spacial score (nSPS) is 35.7. The van der Waals surface area contributed by atoms with Crippen LogP contribution in [0.2, 0.25) is 0 Å². The number of carbonyl (C=O) groups excluding carboxylic acids is 8. The molecule has 0 aromatic carbocycles. The highest BCUT2D eigenvalue weighted by Gasteiger charge is 2.73. The molecule has 5 rings (SSSR count). The molecule has 402 valence electrons. The third kappa shape index (κ3) is 12.0. The average molecular weight is 1010 g/mol. The third-order valence-corrected chi connectivity index (χ3v) is 17.3. The van der Waals surface area contributed by atoms with Crippen LogP contribution in [0.25, 0.3) is 0 Å². The van der Waals surface area contributed by atoms with Gasteiger partial charge in [-0.2, -0.15) is 0 Å². The van der Waals surface area contributed by atoms with Crippen LogP contribution in [0.3, 0.4) is 0 Å². The van der Waals surface area contributed by atoms with Crippen molar-refractivity contribution in [2.75, 3.05) is 26.4 Å². The van der Waals surface area contributed by atoms with Crippen molar-refractivity contribution < 1.29 is 85.7 Å². The van der Waals surface area contributed by atoms with Gasteiger partial charge in [0.15, 0.2) is 24.6 Å². The number of ether oxygens (including phenoxy) is 10. The van der Waals surface area contributed by atoms with Gasteiger partial charge in [-0.3, -0.25) is 34.1 Å². The fraction of sp³-hybridized carbons (Fsp3) is 0.846. The molecule has 0 amide bonds. The highest BCUT2D eigenvalue weighted by atomic mass is 16.7. The Morgan fingerprint density at radius 1 is 0.634 bits per heavy atom. The van der Waals surface area contributed by atoms with E-state index in [1.807, 2.05) is 6.92 Å². The predicted molar refractivity (Wildman–Crippen MR) is 251 cm³/mol. The number of rotatable bonds is 19. The zero-order valence-corrected chi connectivity index (χ0v) is 44.5. The van der Waals surface area contributed by atoms with Gasteiger partial charge in [0.25, 0.3) is 0 Å². The second kappa shape index (κ2) is 22.8. The number of fused-ring (bicyclic) bond motifs is 5. The van der Waals surface area contributed by atoms with E-state index in [2.05, 4.69) is 39.9 Å². The number of esters is 8. The van der Waals surface area contributed by atoms with Gasteiger partial charge in [-0.1, -0.05) is 34.6 Å². The first-order chi connectivity index (χ1) is 33.1. The Bertz CT molecular complexity index is 1970. The average Bonchev–Trinajstić information content (AvgIpc) is 3.63. The molecule has 71 heavy (non-hydrogen) atoms. The van der Waals surface area contributed by atoms with Gasteiger partial charge in [0.05, 0.1) is 18.8 Å². The van der Waals surface area contributed by atoms with E-state index >= 15 is 0 Å². The summed E-state index contributed by atoms with van der Waals surface area (Å²) in [6.07, 6.45) is -2.39. The molecule has 0 radical (unpaired) electrons. The molecule has 5 aliphatic rings. The second-order valence-corrected chi connectivity index (χ2v) is 22.0. The minimum atomic E-state index is -1.53. The summed E-state index contributed by atoms with van der Waals surface area (Å²) in [6.45, 7) is 23.9. The van der Waals surface area contributed by atoms with Crippen LogP contribution in [0.5, 0.6) is 0 Å². The van der Waals surface area contributed by atoms with Crippen molar-refractivity contribution in [1.82, 2.24) is 5.32 Å². The number of carbonyl (C=O) groups is 8. The van der Waals surface area contributed by atoms with Gasteiger partial charge in [-0.15, -0.1) is 0 Å². The van der Waals surface area contributed by atoms with Crippen molar-refractivity contribution in [2.45, 2.75) is 209 Å². The fourth-order valence-electron chi connectivity index (χ4n) is 14.4. The first-order valence-electron chi connectivity index (χ1n) is 25.5. The van der Waals surface area contributed by atoms with Gasteiger partial charge >= 0.3 is 47.8 Å². The zero-order chi connectivity index (χ0) is 53.0. The smallest absolute Gasteiger partial charge is 0.334 e. The fourth-order valence-corrected chi connectivity index (χ4v) is 14.4. The summed E-state index contributed by atoms with van der Waals surface area (Å²) in [6, 6.07) is -1.41. The highest BCUT2D eigenvalue weighted by molar-refractivity contribution is 5.99. The molecule has 1 saturated heterocycles. The predicted octanol–water partition coefficient (Wildman–Crippen LogP) is 5.87. The van der Waals surface area contributed by atoms with E-state index in [1.165, 1.54) is 20.8 Å². The number of hydrogen-bond acceptors (Lipinski definition) is 19. The second-order valence-electron chi connectivity index (χ2n) is 22.0.